The number of hydrogen-bond donors (Lipinski definition) is 1. The lowest BCUT2D eigenvalue weighted by Gasteiger charge is -2.37. The van der Waals surface area contributed by atoms with E-state index in [1.54, 1.807) is 11.3 Å². The fourth-order valence-electron chi connectivity index (χ4n) is 4.01. The molecule has 1 aromatic rings. The van der Waals surface area contributed by atoms with Crippen molar-refractivity contribution < 1.29 is 37.4 Å². The molecule has 0 aromatic carbocycles. The van der Waals surface area contributed by atoms with Crippen molar-refractivity contribution in [1.82, 2.24) is 14.9 Å². The Morgan fingerprint density at radius 3 is 2.58 bits per heavy atom. The smallest absolute Gasteiger partial charge is 0.475 e. The number of thiazole rings is 1. The van der Waals surface area contributed by atoms with Crippen molar-refractivity contribution in [1.29, 1.82) is 0 Å². The van der Waals surface area contributed by atoms with E-state index < -0.39 is 12.1 Å². The molecule has 1 aromatic heterocycles. The minimum atomic E-state index is -5.08. The Balaban J connectivity index is 0.000000339. The highest BCUT2D eigenvalue weighted by Crippen LogP contribution is 2.33. The Morgan fingerprint density at radius 1 is 1.26 bits per heavy atom. The first-order chi connectivity index (χ1) is 14.6. The number of halogens is 3. The van der Waals surface area contributed by atoms with E-state index in [9.17, 15) is 18.0 Å². The van der Waals surface area contributed by atoms with Crippen molar-refractivity contribution >= 4 is 23.2 Å². The summed E-state index contributed by atoms with van der Waals surface area (Å²) < 4.78 is 37.9. The van der Waals surface area contributed by atoms with E-state index in [2.05, 4.69) is 15.3 Å². The molecule has 4 rings (SSSR count). The van der Waals surface area contributed by atoms with E-state index >= 15 is 0 Å². The summed E-state index contributed by atoms with van der Waals surface area (Å²) in [6, 6.07) is 0.415. The van der Waals surface area contributed by atoms with Gasteiger partial charge in [0.25, 0.3) is 5.91 Å². The van der Waals surface area contributed by atoms with E-state index in [4.69, 9.17) is 19.5 Å². The number of carboxylic acids is 1. The Morgan fingerprint density at radius 2 is 2.00 bits per heavy atom. The third-order valence-corrected chi connectivity index (χ3v) is 6.28. The first kappa shape index (κ1) is 23.9. The van der Waals surface area contributed by atoms with Crippen molar-refractivity contribution in [2.75, 3.05) is 19.7 Å². The van der Waals surface area contributed by atoms with Crippen LogP contribution in [0.1, 0.15) is 42.8 Å². The maximum absolute atomic E-state index is 12.6. The van der Waals surface area contributed by atoms with Gasteiger partial charge in [-0.2, -0.15) is 13.2 Å². The number of carbonyl (C=O) groups excluding carboxylic acids is 1. The highest BCUT2D eigenvalue weighted by molar-refractivity contribution is 7.09. The Labute approximate surface area is 181 Å². The van der Waals surface area contributed by atoms with Gasteiger partial charge in [-0.05, 0) is 39.0 Å². The molecule has 31 heavy (non-hydrogen) atoms. The number of alkyl halides is 3. The average molecular weight is 465 g/mol. The maximum Gasteiger partial charge on any atom is 0.490 e. The summed E-state index contributed by atoms with van der Waals surface area (Å²) in [6.45, 7) is 5.30. The Hall–Kier alpha value is -1.76. The number of hydroxylamine groups is 2. The molecule has 12 heteroatoms. The highest BCUT2D eigenvalue weighted by Gasteiger charge is 2.43. The van der Waals surface area contributed by atoms with Gasteiger partial charge in [0.1, 0.15) is 6.10 Å². The molecule has 1 amide bonds. The van der Waals surface area contributed by atoms with Gasteiger partial charge in [-0.15, -0.1) is 11.3 Å². The zero-order chi connectivity index (χ0) is 22.6. The van der Waals surface area contributed by atoms with Crippen LogP contribution < -0.4 is 0 Å². The molecule has 4 heterocycles. The number of aliphatic carboxylic acids is 1. The molecule has 3 aliphatic heterocycles. The van der Waals surface area contributed by atoms with Crippen LogP contribution in [0.25, 0.3) is 0 Å². The van der Waals surface area contributed by atoms with Gasteiger partial charge >= 0.3 is 12.1 Å². The van der Waals surface area contributed by atoms with E-state index in [0.29, 0.717) is 19.2 Å². The lowest BCUT2D eigenvalue weighted by atomic mass is 9.98. The molecule has 3 atom stereocenters. The number of ether oxygens (including phenoxy) is 1. The molecule has 3 fully saturated rings. The quantitative estimate of drug-likeness (QED) is 0.734. The van der Waals surface area contributed by atoms with Gasteiger partial charge in [-0.25, -0.2) is 14.8 Å². The topological polar surface area (TPSA) is 92.2 Å². The van der Waals surface area contributed by atoms with Crippen LogP contribution in [0, 0.1) is 6.92 Å². The predicted octanol–water partition coefficient (Wildman–Crippen LogP) is 2.76. The molecule has 0 unspecified atom stereocenters. The van der Waals surface area contributed by atoms with Crippen molar-refractivity contribution in [3.8, 4) is 0 Å². The average Bonchev–Trinajstić information content (AvgIpc) is 3.33. The molecule has 1 N–H and O–H groups in total. The first-order valence-electron chi connectivity index (χ1n) is 10.2. The Kier molecular flexibility index (Phi) is 7.89. The van der Waals surface area contributed by atoms with Crippen molar-refractivity contribution in [3.63, 3.8) is 0 Å². The monoisotopic (exact) mass is 465 g/mol. The first-order valence-corrected chi connectivity index (χ1v) is 11.1. The van der Waals surface area contributed by atoms with Crippen LogP contribution in [0.3, 0.4) is 0 Å². The van der Waals surface area contributed by atoms with Crippen molar-refractivity contribution in [2.45, 2.75) is 70.0 Å². The molecular formula is C19H26F3N3O5S. The second-order valence-electron chi connectivity index (χ2n) is 7.71. The fraction of sp³-hybridized carbons (Fsp3) is 0.737. The molecule has 3 aliphatic rings. The van der Waals surface area contributed by atoms with Gasteiger partial charge in [0.2, 0.25) is 0 Å². The second kappa shape index (κ2) is 10.2. The number of nitrogens with zero attached hydrogens (tertiary/aromatic N) is 3. The number of fused-ring (bicyclic) bond motifs is 1. The molecule has 8 nitrogen and oxygen atoms in total. The summed E-state index contributed by atoms with van der Waals surface area (Å²) in [4.78, 5) is 34.0. The normalized spacial score (nSPS) is 26.7. The molecule has 174 valence electrons. The molecule has 0 radical (unpaired) electrons. The Bertz CT molecular complexity index is 769. The number of carboxylic acid groups (broad SMARTS) is 1. The van der Waals surface area contributed by atoms with Crippen molar-refractivity contribution in [3.05, 3.63) is 16.1 Å². The standard InChI is InChI=1S/C17H25N3O3S.C2HF3O2/c1-12-18-13(11-24-12)10-19-8-6-15-14(19)4-5-16(23-15)17(21)20-7-2-3-9-22-20;3-2(4,5)1(6)7/h11,14-16H,2-10H2,1H3;(H,6,7)/t14-,15-,16+;/m1./s1. The summed E-state index contributed by atoms with van der Waals surface area (Å²) in [7, 11) is 0. The molecule has 0 spiro atoms. The van der Waals surface area contributed by atoms with E-state index in [-0.39, 0.29) is 18.1 Å². The molecule has 3 saturated heterocycles. The predicted molar refractivity (Wildman–Crippen MR) is 104 cm³/mol. The van der Waals surface area contributed by atoms with Crippen LogP contribution in [0.2, 0.25) is 0 Å². The van der Waals surface area contributed by atoms with E-state index in [0.717, 1.165) is 55.9 Å². The second-order valence-corrected chi connectivity index (χ2v) is 8.77. The van der Waals surface area contributed by atoms with E-state index in [1.807, 2.05) is 6.92 Å². The summed E-state index contributed by atoms with van der Waals surface area (Å²) in [5.74, 6) is -2.74. The molecular weight excluding hydrogens is 439 g/mol. The van der Waals surface area contributed by atoms with Crippen LogP contribution in [0.15, 0.2) is 5.38 Å². The number of likely N-dealkylation sites (tertiary alicyclic amines) is 1. The van der Waals surface area contributed by atoms with Gasteiger partial charge in [-0.1, -0.05) is 0 Å². The summed E-state index contributed by atoms with van der Waals surface area (Å²) in [5, 5.41) is 11.9. The van der Waals surface area contributed by atoms with Crippen molar-refractivity contribution in [2.24, 2.45) is 0 Å². The third kappa shape index (κ3) is 6.37. The summed E-state index contributed by atoms with van der Waals surface area (Å²) >= 11 is 1.70. The number of rotatable bonds is 3. The van der Waals surface area contributed by atoms with Gasteiger partial charge in [-0.3, -0.25) is 14.5 Å². The summed E-state index contributed by atoms with van der Waals surface area (Å²) in [6.07, 6.45) is -0.401. The van der Waals surface area contributed by atoms with Gasteiger partial charge in [0.15, 0.2) is 0 Å². The number of hydrogen-bond acceptors (Lipinski definition) is 7. The van der Waals surface area contributed by atoms with Crippen LogP contribution in [-0.2, 0) is 25.7 Å². The zero-order valence-corrected chi connectivity index (χ0v) is 18.0. The largest absolute Gasteiger partial charge is 0.490 e. The lowest BCUT2D eigenvalue weighted by Crippen LogP contribution is -2.49. The highest BCUT2D eigenvalue weighted by atomic mass is 32.1. The maximum atomic E-state index is 12.6. The van der Waals surface area contributed by atoms with Crippen LogP contribution in [0.4, 0.5) is 13.2 Å². The van der Waals surface area contributed by atoms with Gasteiger partial charge < -0.3 is 9.84 Å². The third-order valence-electron chi connectivity index (χ3n) is 5.46. The van der Waals surface area contributed by atoms with Gasteiger partial charge in [0.05, 0.1) is 23.4 Å². The lowest BCUT2D eigenvalue weighted by molar-refractivity contribution is -0.213. The SMILES string of the molecule is Cc1nc(CN2CC[C@H]3O[C@H](C(=O)N4CCCCO4)CC[C@H]32)cs1.O=C(O)C(F)(F)F. The molecule has 0 bridgehead atoms. The minimum absolute atomic E-state index is 0.0155. The minimum Gasteiger partial charge on any atom is -0.475 e. The number of carbonyl (C=O) groups is 2. The molecule has 0 aliphatic carbocycles. The zero-order valence-electron chi connectivity index (χ0n) is 17.1. The van der Waals surface area contributed by atoms with E-state index in [1.165, 1.54) is 5.06 Å². The van der Waals surface area contributed by atoms with Crippen LogP contribution in [0.5, 0.6) is 0 Å². The molecule has 0 saturated carbocycles. The van der Waals surface area contributed by atoms with Crippen LogP contribution in [-0.4, -0.2) is 76.1 Å². The van der Waals surface area contributed by atoms with Crippen LogP contribution >= 0.6 is 11.3 Å². The number of amides is 1. The fourth-order valence-corrected chi connectivity index (χ4v) is 4.62. The van der Waals surface area contributed by atoms with Gasteiger partial charge in [0, 0.05) is 31.1 Å². The summed E-state index contributed by atoms with van der Waals surface area (Å²) in [5.41, 5.74) is 1.15. The number of aryl methyl sites for hydroxylation is 1. The number of aromatic nitrogens is 1.